The van der Waals surface area contributed by atoms with Gasteiger partial charge in [-0.15, -0.1) is 0 Å². The summed E-state index contributed by atoms with van der Waals surface area (Å²) in [6, 6.07) is 10.9. The van der Waals surface area contributed by atoms with Gasteiger partial charge in [-0.05, 0) is 50.3 Å². The zero-order valence-electron chi connectivity index (χ0n) is 14.2. The Balaban J connectivity index is 1.93. The molecule has 0 bridgehead atoms. The van der Waals surface area contributed by atoms with Crippen molar-refractivity contribution in [1.29, 1.82) is 0 Å². The fraction of sp³-hybridized carbons (Fsp3) is 0.412. The van der Waals surface area contributed by atoms with Crippen LogP contribution in [0.15, 0.2) is 47.1 Å². The molecule has 1 heterocycles. The first-order valence-corrected chi connectivity index (χ1v) is 9.36. The van der Waals surface area contributed by atoms with E-state index in [0.29, 0.717) is 6.42 Å². The van der Waals surface area contributed by atoms with Crippen LogP contribution in [-0.4, -0.2) is 46.8 Å². The van der Waals surface area contributed by atoms with Gasteiger partial charge in [0.1, 0.15) is 11.5 Å². The Kier molecular flexibility index (Phi) is 6.42. The van der Waals surface area contributed by atoms with Gasteiger partial charge >= 0.3 is 0 Å². The first-order chi connectivity index (χ1) is 11.4. The molecule has 0 aliphatic carbocycles. The summed E-state index contributed by atoms with van der Waals surface area (Å²) in [5, 5.41) is 0. The second-order valence-electron chi connectivity index (χ2n) is 5.76. The topological polar surface area (TPSA) is 71.8 Å². The summed E-state index contributed by atoms with van der Waals surface area (Å²) in [4.78, 5) is 1.92. The molecule has 1 N–H and O–H groups in total. The molecule has 132 valence electrons. The number of hydrogen-bond donors (Lipinski definition) is 1. The summed E-state index contributed by atoms with van der Waals surface area (Å²) >= 11 is 0. The minimum Gasteiger partial charge on any atom is -0.497 e. The van der Waals surface area contributed by atoms with Crippen molar-refractivity contribution in [3.63, 3.8) is 0 Å². The molecule has 7 heteroatoms. The van der Waals surface area contributed by atoms with E-state index in [4.69, 9.17) is 9.15 Å². The number of nitrogens with one attached hydrogen (secondary N) is 1. The lowest BCUT2D eigenvalue weighted by molar-refractivity contribution is 0.259. The van der Waals surface area contributed by atoms with Gasteiger partial charge in [-0.1, -0.05) is 12.1 Å². The van der Waals surface area contributed by atoms with Crippen LogP contribution in [-0.2, 0) is 16.4 Å². The smallest absolute Gasteiger partial charge is 0.211 e. The van der Waals surface area contributed by atoms with Gasteiger partial charge in [-0.2, -0.15) is 0 Å². The van der Waals surface area contributed by atoms with Crippen LogP contribution >= 0.6 is 0 Å². The van der Waals surface area contributed by atoms with Gasteiger partial charge < -0.3 is 9.15 Å². The maximum Gasteiger partial charge on any atom is 0.211 e. The van der Waals surface area contributed by atoms with Crippen LogP contribution in [0.2, 0.25) is 0 Å². The van der Waals surface area contributed by atoms with E-state index < -0.39 is 10.0 Å². The number of ether oxygens (including phenoxy) is 1. The second-order valence-corrected chi connectivity index (χ2v) is 7.69. The zero-order valence-corrected chi connectivity index (χ0v) is 15.0. The van der Waals surface area contributed by atoms with Gasteiger partial charge in [0.2, 0.25) is 10.0 Å². The normalized spacial score (nSPS) is 13.2. The van der Waals surface area contributed by atoms with Crippen molar-refractivity contribution < 1.29 is 17.6 Å². The van der Waals surface area contributed by atoms with Gasteiger partial charge in [0.25, 0.3) is 0 Å². The van der Waals surface area contributed by atoms with Gasteiger partial charge in [-0.3, -0.25) is 4.90 Å². The molecule has 0 amide bonds. The average molecular weight is 352 g/mol. The summed E-state index contributed by atoms with van der Waals surface area (Å²) in [5.41, 5.74) is 0.926. The molecule has 1 aromatic heterocycles. The third-order valence-corrected chi connectivity index (χ3v) is 5.13. The molecule has 0 radical (unpaired) electrons. The molecule has 2 rings (SSSR count). The molecule has 2 aromatic rings. The van der Waals surface area contributed by atoms with E-state index in [2.05, 4.69) is 4.72 Å². The van der Waals surface area contributed by atoms with Crippen LogP contribution in [0.1, 0.15) is 17.4 Å². The highest BCUT2D eigenvalue weighted by atomic mass is 32.2. The molecule has 0 saturated carbocycles. The molecule has 0 saturated heterocycles. The Morgan fingerprint density at radius 2 is 2.04 bits per heavy atom. The van der Waals surface area contributed by atoms with Crippen LogP contribution < -0.4 is 9.46 Å². The third kappa shape index (κ3) is 5.36. The molecule has 6 nitrogen and oxygen atoms in total. The zero-order chi connectivity index (χ0) is 17.6. The van der Waals surface area contributed by atoms with E-state index in [1.54, 1.807) is 19.4 Å². The van der Waals surface area contributed by atoms with Crippen molar-refractivity contribution in [2.45, 2.75) is 12.5 Å². The summed E-state index contributed by atoms with van der Waals surface area (Å²) in [7, 11) is 1.99. The van der Waals surface area contributed by atoms with E-state index in [-0.39, 0.29) is 18.3 Å². The van der Waals surface area contributed by atoms with Crippen LogP contribution in [0.3, 0.4) is 0 Å². The largest absolute Gasteiger partial charge is 0.497 e. The number of likely N-dealkylation sites (N-methyl/N-ethyl adjacent to an activating group) is 1. The maximum atomic E-state index is 12.3. The Bertz CT molecular complexity index is 727. The first kappa shape index (κ1) is 18.5. The number of aryl methyl sites for hydroxylation is 1. The van der Waals surface area contributed by atoms with Gasteiger partial charge in [0.05, 0.1) is 25.2 Å². The number of nitrogens with zero attached hydrogens (tertiary/aromatic N) is 1. The summed E-state index contributed by atoms with van der Waals surface area (Å²) in [6.45, 7) is 0.265. The Labute approximate surface area is 143 Å². The predicted octanol–water partition coefficient (Wildman–Crippen LogP) is 2.05. The molecule has 1 aromatic carbocycles. The van der Waals surface area contributed by atoms with Crippen molar-refractivity contribution in [2.24, 2.45) is 0 Å². The van der Waals surface area contributed by atoms with Gasteiger partial charge in [-0.25, -0.2) is 13.1 Å². The number of hydrogen-bond acceptors (Lipinski definition) is 5. The number of benzene rings is 1. The molecule has 1 atom stereocenters. The number of furan rings is 1. The fourth-order valence-corrected chi connectivity index (χ4v) is 3.44. The standard InChI is InChI=1S/C17H24N2O4S/c1-19(2)16(17-8-5-10-23-17)13-18-24(20,21)11-9-14-6-4-7-15(12-14)22-3/h4-8,10,12,16,18H,9,11,13H2,1-3H3. The first-order valence-electron chi connectivity index (χ1n) is 7.71. The van der Waals surface area contributed by atoms with Crippen LogP contribution in [0.5, 0.6) is 5.75 Å². The molecular weight excluding hydrogens is 328 g/mol. The van der Waals surface area contributed by atoms with Gasteiger partial charge in [0, 0.05) is 6.54 Å². The van der Waals surface area contributed by atoms with Crippen LogP contribution in [0.4, 0.5) is 0 Å². The van der Waals surface area contributed by atoms with E-state index in [1.807, 2.05) is 49.3 Å². The average Bonchev–Trinajstić information content (AvgIpc) is 3.07. The highest BCUT2D eigenvalue weighted by Crippen LogP contribution is 2.18. The summed E-state index contributed by atoms with van der Waals surface area (Å²) in [5.74, 6) is 1.48. The van der Waals surface area contributed by atoms with E-state index in [9.17, 15) is 8.42 Å². The SMILES string of the molecule is COc1cccc(CCS(=O)(=O)NCC(c2ccco2)N(C)C)c1. The van der Waals surface area contributed by atoms with Crippen molar-refractivity contribution in [1.82, 2.24) is 9.62 Å². The van der Waals surface area contributed by atoms with Crippen LogP contribution in [0, 0.1) is 0 Å². The lowest BCUT2D eigenvalue weighted by Gasteiger charge is -2.22. The van der Waals surface area contributed by atoms with E-state index in [1.165, 1.54) is 0 Å². The second kappa shape index (κ2) is 8.32. The molecule has 0 aliphatic rings. The number of methoxy groups -OCH3 is 1. The minimum absolute atomic E-state index is 0.0263. The molecule has 1 unspecified atom stereocenters. The van der Waals surface area contributed by atoms with Gasteiger partial charge in [0.15, 0.2) is 0 Å². The van der Waals surface area contributed by atoms with Crippen molar-refractivity contribution in [3.8, 4) is 5.75 Å². The lowest BCUT2D eigenvalue weighted by atomic mass is 10.2. The van der Waals surface area contributed by atoms with Crippen molar-refractivity contribution in [3.05, 3.63) is 54.0 Å². The van der Waals surface area contributed by atoms with E-state index >= 15 is 0 Å². The fourth-order valence-electron chi connectivity index (χ4n) is 2.38. The van der Waals surface area contributed by atoms with Crippen LogP contribution in [0.25, 0.3) is 0 Å². The summed E-state index contributed by atoms with van der Waals surface area (Å²) < 4.78 is 37.7. The van der Waals surface area contributed by atoms with Crippen molar-refractivity contribution in [2.75, 3.05) is 33.5 Å². The maximum absolute atomic E-state index is 12.3. The Hall–Kier alpha value is -1.83. The molecule has 0 aliphatic heterocycles. The Morgan fingerprint density at radius 3 is 2.67 bits per heavy atom. The highest BCUT2D eigenvalue weighted by Gasteiger charge is 2.20. The van der Waals surface area contributed by atoms with E-state index in [0.717, 1.165) is 17.1 Å². The number of rotatable bonds is 9. The monoisotopic (exact) mass is 352 g/mol. The predicted molar refractivity (Wildman–Crippen MR) is 93.6 cm³/mol. The molecule has 0 spiro atoms. The lowest BCUT2D eigenvalue weighted by Crippen LogP contribution is -2.35. The van der Waals surface area contributed by atoms with Crippen molar-refractivity contribution >= 4 is 10.0 Å². The summed E-state index contributed by atoms with van der Waals surface area (Å²) in [6.07, 6.45) is 2.02. The molecular formula is C17H24N2O4S. The Morgan fingerprint density at radius 1 is 1.25 bits per heavy atom. The molecule has 24 heavy (non-hydrogen) atoms. The highest BCUT2D eigenvalue weighted by molar-refractivity contribution is 7.89. The third-order valence-electron chi connectivity index (χ3n) is 3.79. The minimum atomic E-state index is -3.38. The molecule has 0 fully saturated rings. The number of sulfonamides is 1. The quantitative estimate of drug-likeness (QED) is 0.748.